The van der Waals surface area contributed by atoms with E-state index in [-0.39, 0.29) is 5.91 Å². The number of nitrogens with one attached hydrogen (secondary N) is 2. The van der Waals surface area contributed by atoms with Gasteiger partial charge in [-0.15, -0.1) is 0 Å². The lowest BCUT2D eigenvalue weighted by atomic mass is 10.1. The Hall–Kier alpha value is -2.47. The number of anilines is 2. The molecule has 2 rings (SSSR count). The van der Waals surface area contributed by atoms with E-state index in [1.54, 1.807) is 12.4 Å². The highest BCUT2D eigenvalue weighted by Crippen LogP contribution is 2.21. The van der Waals surface area contributed by atoms with Crippen molar-refractivity contribution < 1.29 is 4.79 Å². The Labute approximate surface area is 143 Å². The second-order valence-electron chi connectivity index (χ2n) is 5.94. The molecule has 0 aliphatic heterocycles. The fraction of sp³-hybridized carbons (Fsp3) is 0.389. The molecule has 24 heavy (non-hydrogen) atoms. The molecular formula is C18H25N5O. The summed E-state index contributed by atoms with van der Waals surface area (Å²) >= 11 is 0. The number of rotatable bonds is 7. The molecule has 128 valence electrons. The minimum absolute atomic E-state index is 0.196. The van der Waals surface area contributed by atoms with E-state index in [9.17, 15) is 4.79 Å². The van der Waals surface area contributed by atoms with Crippen LogP contribution in [-0.4, -0.2) is 48.0 Å². The van der Waals surface area contributed by atoms with Gasteiger partial charge in [-0.25, -0.2) is 9.97 Å². The molecule has 0 aliphatic rings. The van der Waals surface area contributed by atoms with Crippen molar-refractivity contribution >= 4 is 17.5 Å². The van der Waals surface area contributed by atoms with Crippen LogP contribution in [-0.2, 0) is 6.42 Å². The SMILES string of the molecule is CCc1cccc(C)c1NC(=O)c1cnc(NCCN(C)C)nc1. The maximum absolute atomic E-state index is 12.4. The number of benzene rings is 1. The van der Waals surface area contributed by atoms with E-state index in [0.29, 0.717) is 11.5 Å². The number of likely N-dealkylation sites (N-methyl/N-ethyl adjacent to an activating group) is 1. The van der Waals surface area contributed by atoms with Crippen LogP contribution < -0.4 is 10.6 Å². The highest BCUT2D eigenvalue weighted by atomic mass is 16.1. The van der Waals surface area contributed by atoms with Crippen molar-refractivity contribution in [1.82, 2.24) is 14.9 Å². The summed E-state index contributed by atoms with van der Waals surface area (Å²) in [6.45, 7) is 5.70. The summed E-state index contributed by atoms with van der Waals surface area (Å²) in [5.74, 6) is 0.331. The molecule has 0 fully saturated rings. The van der Waals surface area contributed by atoms with Gasteiger partial charge in [0.1, 0.15) is 0 Å². The van der Waals surface area contributed by atoms with Crippen molar-refractivity contribution in [3.05, 3.63) is 47.3 Å². The van der Waals surface area contributed by atoms with Crippen LogP contribution in [0.4, 0.5) is 11.6 Å². The Balaban J connectivity index is 2.03. The predicted molar refractivity (Wildman–Crippen MR) is 97.6 cm³/mol. The lowest BCUT2D eigenvalue weighted by Gasteiger charge is -2.13. The molecule has 6 nitrogen and oxygen atoms in total. The molecule has 0 radical (unpaired) electrons. The largest absolute Gasteiger partial charge is 0.353 e. The Kier molecular flexibility index (Phi) is 6.26. The third-order valence-corrected chi connectivity index (χ3v) is 3.73. The number of nitrogens with zero attached hydrogens (tertiary/aromatic N) is 3. The van der Waals surface area contributed by atoms with Crippen molar-refractivity contribution in [2.75, 3.05) is 37.8 Å². The number of para-hydroxylation sites is 1. The molecule has 2 aromatic rings. The Morgan fingerprint density at radius 3 is 2.54 bits per heavy atom. The first kappa shape index (κ1) is 17.9. The van der Waals surface area contributed by atoms with Crippen molar-refractivity contribution in [1.29, 1.82) is 0 Å². The molecule has 2 N–H and O–H groups in total. The van der Waals surface area contributed by atoms with Crippen molar-refractivity contribution in [2.24, 2.45) is 0 Å². The second kappa shape index (κ2) is 8.40. The standard InChI is InChI=1S/C18H25N5O/c1-5-14-8-6-7-13(2)16(14)22-17(24)15-11-20-18(21-12-15)19-9-10-23(3)4/h6-8,11-12H,5,9-10H2,1-4H3,(H,22,24)(H,19,20,21). The maximum atomic E-state index is 12.4. The summed E-state index contributed by atoms with van der Waals surface area (Å²) in [6.07, 6.45) is 3.96. The smallest absolute Gasteiger partial charge is 0.258 e. The van der Waals surface area contributed by atoms with Gasteiger partial charge in [0, 0.05) is 31.2 Å². The minimum atomic E-state index is -0.196. The van der Waals surface area contributed by atoms with Crippen LogP contribution in [0.25, 0.3) is 0 Å². The number of aryl methyl sites for hydroxylation is 2. The van der Waals surface area contributed by atoms with Crippen LogP contribution >= 0.6 is 0 Å². The number of amides is 1. The lowest BCUT2D eigenvalue weighted by molar-refractivity contribution is 0.102. The van der Waals surface area contributed by atoms with E-state index in [2.05, 4.69) is 32.4 Å². The topological polar surface area (TPSA) is 70.2 Å². The summed E-state index contributed by atoms with van der Waals surface area (Å²) in [5, 5.41) is 6.10. The molecule has 1 amide bonds. The number of hydrogen-bond acceptors (Lipinski definition) is 5. The molecule has 0 spiro atoms. The third-order valence-electron chi connectivity index (χ3n) is 3.73. The predicted octanol–water partition coefficient (Wildman–Crippen LogP) is 2.57. The number of hydrogen-bond donors (Lipinski definition) is 2. The van der Waals surface area contributed by atoms with E-state index in [1.165, 1.54) is 0 Å². The molecule has 1 heterocycles. The minimum Gasteiger partial charge on any atom is -0.353 e. The van der Waals surface area contributed by atoms with Crippen molar-refractivity contribution in [2.45, 2.75) is 20.3 Å². The summed E-state index contributed by atoms with van der Waals surface area (Å²) < 4.78 is 0. The summed E-state index contributed by atoms with van der Waals surface area (Å²) in [4.78, 5) is 22.9. The Morgan fingerprint density at radius 1 is 1.21 bits per heavy atom. The van der Waals surface area contributed by atoms with E-state index in [0.717, 1.165) is 36.3 Å². The van der Waals surface area contributed by atoms with Gasteiger partial charge in [0.05, 0.1) is 5.56 Å². The number of carbonyl (C=O) groups excluding carboxylic acids is 1. The zero-order valence-electron chi connectivity index (χ0n) is 14.8. The second-order valence-corrected chi connectivity index (χ2v) is 5.94. The summed E-state index contributed by atoms with van der Waals surface area (Å²) in [5.41, 5.74) is 3.48. The van der Waals surface area contributed by atoms with Crippen LogP contribution in [0.2, 0.25) is 0 Å². The molecular weight excluding hydrogens is 302 g/mol. The summed E-state index contributed by atoms with van der Waals surface area (Å²) in [7, 11) is 4.01. The van der Waals surface area contributed by atoms with Gasteiger partial charge in [-0.05, 0) is 38.6 Å². The van der Waals surface area contributed by atoms with Crippen molar-refractivity contribution in [3.8, 4) is 0 Å². The van der Waals surface area contributed by atoms with Gasteiger partial charge in [-0.2, -0.15) is 0 Å². The molecule has 1 aromatic heterocycles. The van der Waals surface area contributed by atoms with Gasteiger partial charge in [0.25, 0.3) is 5.91 Å². The Bertz CT molecular complexity index is 682. The summed E-state index contributed by atoms with van der Waals surface area (Å²) in [6, 6.07) is 6.01. The number of carbonyl (C=O) groups is 1. The van der Waals surface area contributed by atoms with Crippen molar-refractivity contribution in [3.63, 3.8) is 0 Å². The molecule has 0 aliphatic carbocycles. The maximum Gasteiger partial charge on any atom is 0.258 e. The van der Waals surface area contributed by atoms with Crippen LogP contribution in [0.15, 0.2) is 30.6 Å². The van der Waals surface area contributed by atoms with Crippen LogP contribution in [0.1, 0.15) is 28.4 Å². The first-order valence-corrected chi connectivity index (χ1v) is 8.11. The Morgan fingerprint density at radius 2 is 1.92 bits per heavy atom. The molecule has 0 saturated carbocycles. The van der Waals surface area contributed by atoms with Gasteiger partial charge in [-0.1, -0.05) is 25.1 Å². The zero-order chi connectivity index (χ0) is 17.5. The molecule has 1 aromatic carbocycles. The highest BCUT2D eigenvalue weighted by Gasteiger charge is 2.11. The number of aromatic nitrogens is 2. The molecule has 0 unspecified atom stereocenters. The first-order chi connectivity index (χ1) is 11.5. The van der Waals surface area contributed by atoms with Crippen LogP contribution in [0.5, 0.6) is 0 Å². The average Bonchev–Trinajstić information content (AvgIpc) is 2.57. The highest BCUT2D eigenvalue weighted by molar-refractivity contribution is 6.04. The van der Waals surface area contributed by atoms with Gasteiger partial charge < -0.3 is 15.5 Å². The van der Waals surface area contributed by atoms with Crippen LogP contribution in [0.3, 0.4) is 0 Å². The quantitative estimate of drug-likeness (QED) is 0.818. The van der Waals surface area contributed by atoms with E-state index >= 15 is 0 Å². The zero-order valence-corrected chi connectivity index (χ0v) is 14.8. The molecule has 0 bridgehead atoms. The van der Waals surface area contributed by atoms with Gasteiger partial charge in [-0.3, -0.25) is 4.79 Å². The van der Waals surface area contributed by atoms with E-state index in [1.807, 2.05) is 39.2 Å². The molecule has 6 heteroatoms. The monoisotopic (exact) mass is 327 g/mol. The van der Waals surface area contributed by atoms with E-state index in [4.69, 9.17) is 0 Å². The average molecular weight is 327 g/mol. The fourth-order valence-electron chi connectivity index (χ4n) is 2.32. The molecule has 0 saturated heterocycles. The van der Waals surface area contributed by atoms with Gasteiger partial charge in [0.15, 0.2) is 0 Å². The normalized spacial score (nSPS) is 10.7. The fourth-order valence-corrected chi connectivity index (χ4v) is 2.32. The van der Waals surface area contributed by atoms with Crippen LogP contribution in [0, 0.1) is 6.92 Å². The lowest BCUT2D eigenvalue weighted by Crippen LogP contribution is -2.21. The third kappa shape index (κ3) is 4.76. The van der Waals surface area contributed by atoms with E-state index < -0.39 is 0 Å². The van der Waals surface area contributed by atoms with Gasteiger partial charge >= 0.3 is 0 Å². The molecule has 0 atom stereocenters. The van der Waals surface area contributed by atoms with Gasteiger partial charge in [0.2, 0.25) is 5.95 Å². The first-order valence-electron chi connectivity index (χ1n) is 8.11.